The number of rotatable bonds is 26. The van der Waals surface area contributed by atoms with E-state index in [9.17, 15) is 10.2 Å². The average molecular weight is 1760 g/mol. The van der Waals surface area contributed by atoms with Gasteiger partial charge >= 0.3 is 0 Å². The van der Waals surface area contributed by atoms with Gasteiger partial charge in [0.2, 0.25) is 0 Å². The van der Waals surface area contributed by atoms with Crippen molar-refractivity contribution < 1.29 is 54.3 Å². The van der Waals surface area contributed by atoms with E-state index >= 15 is 8.78 Å². The summed E-state index contributed by atoms with van der Waals surface area (Å²) in [5.74, 6) is 0.577. The summed E-state index contributed by atoms with van der Waals surface area (Å²) in [5.41, 5.74) is 14.1. The molecular weight excluding hydrogens is 1610 g/mol. The SMILES string of the molecule is Cc1cc(F)cc(-c2cc(C(C)(C)CC(C)(C)C)cc(-n3c4cc([Si](C)(C(C)C)C(C)C)ccc4c4ccc([Si](C)(C(C)C)C(C)C)cc43)c2O)c1[OH+]CCC[OH+]c1c(C)cc(F)cc1-c1cc(C(C)(C)CC(C)(C)C)cc(-n2c3cc([Si](C)(C(C)C)C(C)C)ccc3c3ccc([Si](C)(C(C)C)C(C)C)cc32)c1O.[CH3-].[CH3-].[Hf]. The first kappa shape index (κ1) is 93.3. The number of phenolic OH excluding ortho intramolecular Hbond substituents is 2. The Kier molecular flexibility index (Phi) is 28.3. The minimum absolute atomic E-state index is 0. The smallest absolute Gasteiger partial charge is 0.265 e. The summed E-state index contributed by atoms with van der Waals surface area (Å²) in [6.07, 6.45) is 2.20. The van der Waals surface area contributed by atoms with Crippen molar-refractivity contribution >= 4 is 96.7 Å². The monoisotopic (exact) mass is 1750 g/mol. The van der Waals surface area contributed by atoms with Gasteiger partial charge in [-0.3, -0.25) is 0 Å². The molecule has 0 spiro atoms. The molecule has 0 bridgehead atoms. The van der Waals surface area contributed by atoms with E-state index in [4.69, 9.17) is 9.47 Å². The van der Waals surface area contributed by atoms with Crippen molar-refractivity contribution in [3.05, 3.63) is 170 Å². The number of halogens is 2. The van der Waals surface area contributed by atoms with Crippen molar-refractivity contribution in [2.45, 2.75) is 294 Å². The number of aliphatic hydroxyl groups is 2. The Bertz CT molecular complexity index is 4540. The molecule has 0 aliphatic carbocycles. The molecule has 0 unspecified atom stereocenters. The van der Waals surface area contributed by atoms with Gasteiger partial charge in [-0.1, -0.05) is 275 Å². The molecule has 608 valence electrons. The number of benzene rings is 8. The van der Waals surface area contributed by atoms with Gasteiger partial charge in [-0.05, 0) is 177 Å². The number of phenols is 2. The largest absolute Gasteiger partial charge is 0.582 e. The molecule has 0 fully saturated rings. The molecule has 0 atom stereocenters. The minimum Gasteiger partial charge on any atom is -0.582 e. The first-order valence-corrected chi connectivity index (χ1v) is 51.9. The third-order valence-electron chi connectivity index (χ3n) is 27.8. The molecule has 0 saturated carbocycles. The Labute approximate surface area is 699 Å². The van der Waals surface area contributed by atoms with E-state index in [2.05, 4.69) is 312 Å². The number of ether oxygens (including phenoxy) is 2. The molecule has 0 amide bonds. The van der Waals surface area contributed by atoms with Crippen LogP contribution < -0.4 is 20.7 Å². The molecule has 2 heterocycles. The van der Waals surface area contributed by atoms with Gasteiger partial charge in [0, 0.05) is 69.6 Å². The zero-order chi connectivity index (χ0) is 81.0. The maximum Gasteiger partial charge on any atom is 0.265 e. The molecule has 10 aromatic rings. The Balaban J connectivity index is 0.00000580. The number of fused-ring (bicyclic) bond motifs is 6. The van der Waals surface area contributed by atoms with Crippen molar-refractivity contribution in [3.63, 3.8) is 0 Å². The molecule has 10 rings (SSSR count). The number of aromatic nitrogens is 2. The van der Waals surface area contributed by atoms with E-state index in [1.807, 2.05) is 13.8 Å². The maximum absolute atomic E-state index is 16.7. The fourth-order valence-corrected chi connectivity index (χ4v) is 33.8. The van der Waals surface area contributed by atoms with Gasteiger partial charge in [0.15, 0.2) is 13.2 Å². The van der Waals surface area contributed by atoms with Crippen LogP contribution in [0.3, 0.4) is 0 Å². The summed E-state index contributed by atoms with van der Waals surface area (Å²) in [5, 5.41) is 37.5. The molecule has 8 aromatic carbocycles. The van der Waals surface area contributed by atoms with E-state index < -0.39 is 43.9 Å². The fraction of sp³-hybridized carbons (Fsp3) is 0.495. The van der Waals surface area contributed by atoms with E-state index in [0.717, 1.165) is 67.6 Å². The summed E-state index contributed by atoms with van der Waals surface area (Å²) < 4.78 is 49.0. The second kappa shape index (κ2) is 34.0. The van der Waals surface area contributed by atoms with Crippen LogP contribution in [0, 0.1) is 51.2 Å². The van der Waals surface area contributed by atoms with E-state index in [0.29, 0.717) is 120 Å². The first-order chi connectivity index (χ1) is 50.4. The van der Waals surface area contributed by atoms with Crippen LogP contribution in [0.25, 0.3) is 77.2 Å². The van der Waals surface area contributed by atoms with Crippen LogP contribution in [-0.4, -0.2) is 74.3 Å². The Hall–Kier alpha value is -5.84. The van der Waals surface area contributed by atoms with E-state index in [1.165, 1.54) is 20.7 Å². The quantitative estimate of drug-likeness (QED) is 0.0245. The fourth-order valence-electron chi connectivity index (χ4n) is 19.6. The normalized spacial score (nSPS) is 13.2. The van der Waals surface area contributed by atoms with Crippen LogP contribution in [0.15, 0.2) is 121 Å². The molecule has 0 aliphatic rings. The van der Waals surface area contributed by atoms with Crippen LogP contribution in [0.1, 0.15) is 222 Å². The summed E-state index contributed by atoms with van der Waals surface area (Å²) in [6.45, 7) is 75.8. The van der Waals surface area contributed by atoms with Crippen molar-refractivity contribution in [2.24, 2.45) is 10.8 Å². The summed E-state index contributed by atoms with van der Waals surface area (Å²) in [7, 11) is -8.36. The van der Waals surface area contributed by atoms with Crippen LogP contribution in [0.5, 0.6) is 23.0 Å². The van der Waals surface area contributed by atoms with Crippen LogP contribution >= 0.6 is 0 Å². The summed E-state index contributed by atoms with van der Waals surface area (Å²) in [4.78, 5) is 0. The minimum atomic E-state index is -2.09. The standard InChI is InChI=1S/C97H136F2N2O4Si4.2CH3.Hf/c1-58(2)106(29,59(3)4)72-34-38-76-77-39-35-73(107(30,60(5)6)61(7)8)53-85(77)100(84(76)52-72)88-48-68(96(25,26)56-94(19,20)21)46-80(90(88)102)82-50-70(98)44-66(17)92(82)104-42-33-43-105-93-67(18)45-71(99)51-83(93)81-47-69(97(27,28)57-95(22,23)24)49-89(91(81)103)101-86-54-74(108(31,62(9)10)63(11)12)36-40-78(86)79-41-37-75(55-87(79)101)109(32,64(13)14)65(15)16;;;/h34-41,44-55,58-65,102-103H,33,42-43,56-57H2,1-32H3;2*1H3;/q;2*-1;/p+2. The van der Waals surface area contributed by atoms with Gasteiger partial charge in [-0.2, -0.15) is 0 Å². The third kappa shape index (κ3) is 17.2. The van der Waals surface area contributed by atoms with Crippen LogP contribution in [-0.2, 0) is 36.7 Å². The number of aromatic hydroxyl groups is 4. The van der Waals surface area contributed by atoms with Crippen molar-refractivity contribution in [1.29, 1.82) is 0 Å². The van der Waals surface area contributed by atoms with Crippen molar-refractivity contribution in [1.82, 2.24) is 9.13 Å². The molecule has 0 radical (unpaired) electrons. The number of hydrogen-bond donors (Lipinski definition) is 2. The number of nitrogens with zero attached hydrogens (tertiary/aromatic N) is 2. The topological polar surface area (TPSA) is 75.9 Å². The Morgan fingerprint density at radius 3 is 0.821 bits per heavy atom. The molecule has 13 heteroatoms. The predicted octanol–water partition coefficient (Wildman–Crippen LogP) is 27.8. The molecular formula is C99H144F2HfN2O4Si4. The molecule has 0 aliphatic heterocycles. The molecule has 112 heavy (non-hydrogen) atoms. The molecule has 0 saturated heterocycles. The van der Waals surface area contributed by atoms with Gasteiger partial charge < -0.3 is 43.7 Å². The Morgan fingerprint density at radius 2 is 0.598 bits per heavy atom. The van der Waals surface area contributed by atoms with Crippen molar-refractivity contribution in [3.8, 4) is 56.6 Å². The van der Waals surface area contributed by atoms with Crippen molar-refractivity contribution in [2.75, 3.05) is 13.2 Å². The summed E-state index contributed by atoms with van der Waals surface area (Å²) >= 11 is 0. The van der Waals surface area contributed by atoms with Gasteiger partial charge in [-0.15, -0.1) is 0 Å². The second-order valence-electron chi connectivity index (χ2n) is 40.3. The number of hydrogen-bond acceptors (Lipinski definition) is 2. The van der Waals surface area contributed by atoms with Gasteiger partial charge in [-0.25, -0.2) is 8.78 Å². The number of aryl methyl sites for hydroxylation is 2. The average Bonchev–Trinajstić information content (AvgIpc) is 1.55. The van der Waals surface area contributed by atoms with E-state index in [1.54, 1.807) is 24.3 Å². The second-order valence-corrected chi connectivity index (χ2v) is 62.2. The molecule has 2 aromatic heterocycles. The maximum atomic E-state index is 16.7. The Morgan fingerprint density at radius 1 is 0.357 bits per heavy atom. The molecule has 6 nitrogen and oxygen atoms in total. The van der Waals surface area contributed by atoms with E-state index in [-0.39, 0.29) is 73.9 Å². The third-order valence-corrected chi connectivity index (χ3v) is 53.2. The predicted molar refractivity (Wildman–Crippen MR) is 496 cm³/mol. The van der Waals surface area contributed by atoms with Crippen LogP contribution in [0.4, 0.5) is 8.78 Å². The first-order valence-electron chi connectivity index (χ1n) is 41.3. The van der Waals surface area contributed by atoms with Crippen LogP contribution in [0.2, 0.25) is 70.5 Å². The molecule has 4 N–H and O–H groups in total. The van der Waals surface area contributed by atoms with Gasteiger partial charge in [0.05, 0.1) is 76.9 Å². The zero-order valence-corrected chi connectivity index (χ0v) is 83.2. The van der Waals surface area contributed by atoms with Gasteiger partial charge in [0.1, 0.15) is 29.6 Å². The zero-order valence-electron chi connectivity index (χ0n) is 75.6. The van der Waals surface area contributed by atoms with Gasteiger partial charge in [0.25, 0.3) is 11.5 Å². The summed E-state index contributed by atoms with van der Waals surface area (Å²) in [6, 6.07) is 43.7.